The normalized spacial score (nSPS) is 11.3. The van der Waals surface area contributed by atoms with Gasteiger partial charge in [-0.15, -0.1) is 0 Å². The summed E-state index contributed by atoms with van der Waals surface area (Å²) < 4.78 is 28.1. The SMILES string of the molecule is Cc1cc(NS(=O)(=O)c2ccccc2C)ccc1Br. The summed E-state index contributed by atoms with van der Waals surface area (Å²) in [6.45, 7) is 3.69. The molecule has 5 heteroatoms. The second kappa shape index (κ2) is 5.35. The van der Waals surface area contributed by atoms with E-state index in [2.05, 4.69) is 20.7 Å². The Bertz CT molecular complexity index is 711. The molecule has 0 spiro atoms. The van der Waals surface area contributed by atoms with Crippen LogP contribution in [-0.2, 0) is 10.0 Å². The van der Waals surface area contributed by atoms with Crippen molar-refractivity contribution in [1.82, 2.24) is 0 Å². The highest BCUT2D eigenvalue weighted by atomic mass is 79.9. The van der Waals surface area contributed by atoms with E-state index >= 15 is 0 Å². The van der Waals surface area contributed by atoms with Crippen LogP contribution in [0.5, 0.6) is 0 Å². The van der Waals surface area contributed by atoms with Crippen LogP contribution in [0.1, 0.15) is 11.1 Å². The number of aryl methyl sites for hydroxylation is 2. The standard InChI is InChI=1S/C14H14BrNO2S/c1-10-5-3-4-6-14(10)19(17,18)16-12-7-8-13(15)11(2)9-12/h3-9,16H,1-2H3. The van der Waals surface area contributed by atoms with Crippen molar-refractivity contribution in [1.29, 1.82) is 0 Å². The van der Waals surface area contributed by atoms with E-state index in [0.29, 0.717) is 10.6 Å². The highest BCUT2D eigenvalue weighted by Crippen LogP contribution is 2.23. The molecule has 2 aromatic rings. The van der Waals surface area contributed by atoms with Gasteiger partial charge in [-0.25, -0.2) is 8.42 Å². The third-order valence-electron chi connectivity index (χ3n) is 2.79. The molecule has 19 heavy (non-hydrogen) atoms. The van der Waals surface area contributed by atoms with Crippen molar-refractivity contribution in [3.05, 3.63) is 58.1 Å². The maximum absolute atomic E-state index is 12.3. The van der Waals surface area contributed by atoms with Gasteiger partial charge in [0.25, 0.3) is 10.0 Å². The van der Waals surface area contributed by atoms with Gasteiger partial charge < -0.3 is 0 Å². The number of sulfonamides is 1. The van der Waals surface area contributed by atoms with E-state index in [9.17, 15) is 8.42 Å². The maximum atomic E-state index is 12.3. The monoisotopic (exact) mass is 339 g/mol. The van der Waals surface area contributed by atoms with Crippen LogP contribution in [0.2, 0.25) is 0 Å². The summed E-state index contributed by atoms with van der Waals surface area (Å²) in [5.41, 5.74) is 2.26. The zero-order chi connectivity index (χ0) is 14.0. The van der Waals surface area contributed by atoms with Crippen molar-refractivity contribution in [3.8, 4) is 0 Å². The highest BCUT2D eigenvalue weighted by Gasteiger charge is 2.16. The van der Waals surface area contributed by atoms with E-state index in [1.807, 2.05) is 19.1 Å². The van der Waals surface area contributed by atoms with E-state index in [0.717, 1.165) is 15.6 Å². The fraction of sp³-hybridized carbons (Fsp3) is 0.143. The molecule has 0 heterocycles. The molecule has 0 saturated carbocycles. The van der Waals surface area contributed by atoms with Gasteiger partial charge in [0, 0.05) is 10.2 Å². The molecule has 0 radical (unpaired) electrons. The Morgan fingerprint density at radius 1 is 1.00 bits per heavy atom. The summed E-state index contributed by atoms with van der Waals surface area (Å²) in [4.78, 5) is 0.301. The molecule has 100 valence electrons. The lowest BCUT2D eigenvalue weighted by Gasteiger charge is -2.11. The van der Waals surface area contributed by atoms with E-state index in [1.165, 1.54) is 0 Å². The highest BCUT2D eigenvalue weighted by molar-refractivity contribution is 9.10. The lowest BCUT2D eigenvalue weighted by molar-refractivity contribution is 0.600. The van der Waals surface area contributed by atoms with Crippen LogP contribution >= 0.6 is 15.9 Å². The molecule has 0 aliphatic heterocycles. The first-order valence-corrected chi connectivity index (χ1v) is 8.02. The van der Waals surface area contributed by atoms with Crippen LogP contribution in [0.25, 0.3) is 0 Å². The number of hydrogen-bond acceptors (Lipinski definition) is 2. The second-order valence-electron chi connectivity index (χ2n) is 4.33. The van der Waals surface area contributed by atoms with Crippen molar-refractivity contribution >= 4 is 31.6 Å². The smallest absolute Gasteiger partial charge is 0.262 e. The van der Waals surface area contributed by atoms with Gasteiger partial charge in [-0.2, -0.15) is 0 Å². The average Bonchev–Trinajstić information content (AvgIpc) is 2.34. The number of nitrogens with one attached hydrogen (secondary N) is 1. The molecule has 2 aromatic carbocycles. The van der Waals surface area contributed by atoms with Gasteiger partial charge in [-0.1, -0.05) is 34.1 Å². The molecule has 1 N–H and O–H groups in total. The number of benzene rings is 2. The van der Waals surface area contributed by atoms with Crippen LogP contribution in [0.4, 0.5) is 5.69 Å². The van der Waals surface area contributed by atoms with Gasteiger partial charge >= 0.3 is 0 Å². The van der Waals surface area contributed by atoms with Crippen molar-refractivity contribution in [3.63, 3.8) is 0 Å². The number of halogens is 1. The van der Waals surface area contributed by atoms with E-state index < -0.39 is 10.0 Å². The molecule has 0 aliphatic rings. The van der Waals surface area contributed by atoms with Crippen molar-refractivity contribution in [2.24, 2.45) is 0 Å². The zero-order valence-electron chi connectivity index (χ0n) is 10.6. The Balaban J connectivity index is 2.37. The third kappa shape index (κ3) is 3.16. The molecular formula is C14H14BrNO2S. The topological polar surface area (TPSA) is 46.2 Å². The third-order valence-corrected chi connectivity index (χ3v) is 5.22. The first-order chi connectivity index (χ1) is 8.90. The summed E-state index contributed by atoms with van der Waals surface area (Å²) in [5, 5.41) is 0. The van der Waals surface area contributed by atoms with Crippen LogP contribution < -0.4 is 4.72 Å². The largest absolute Gasteiger partial charge is 0.280 e. The predicted molar refractivity (Wildman–Crippen MR) is 80.9 cm³/mol. The van der Waals surface area contributed by atoms with Crippen LogP contribution in [0, 0.1) is 13.8 Å². The molecule has 0 fully saturated rings. The summed E-state index contributed by atoms with van der Waals surface area (Å²) >= 11 is 3.39. The Labute approximate surface area is 121 Å². The minimum absolute atomic E-state index is 0.301. The molecule has 0 saturated heterocycles. The molecule has 0 bridgehead atoms. The number of rotatable bonds is 3. The van der Waals surface area contributed by atoms with Crippen LogP contribution in [0.3, 0.4) is 0 Å². The second-order valence-corrected chi connectivity index (χ2v) is 6.84. The number of anilines is 1. The average molecular weight is 340 g/mol. The van der Waals surface area contributed by atoms with Crippen LogP contribution in [0.15, 0.2) is 51.8 Å². The molecule has 0 atom stereocenters. The van der Waals surface area contributed by atoms with Gasteiger partial charge in [0.1, 0.15) is 0 Å². The molecular weight excluding hydrogens is 326 g/mol. The Kier molecular flexibility index (Phi) is 3.96. The van der Waals surface area contributed by atoms with Crippen molar-refractivity contribution in [2.45, 2.75) is 18.7 Å². The minimum Gasteiger partial charge on any atom is -0.280 e. The molecule has 3 nitrogen and oxygen atoms in total. The minimum atomic E-state index is -3.54. The van der Waals surface area contributed by atoms with Crippen molar-refractivity contribution in [2.75, 3.05) is 4.72 Å². The van der Waals surface area contributed by atoms with Gasteiger partial charge in [-0.05, 0) is 49.2 Å². The van der Waals surface area contributed by atoms with Gasteiger partial charge in [0.2, 0.25) is 0 Å². The molecule has 0 aromatic heterocycles. The van der Waals surface area contributed by atoms with Gasteiger partial charge in [-0.3, -0.25) is 4.72 Å². The molecule has 0 unspecified atom stereocenters. The van der Waals surface area contributed by atoms with E-state index in [1.54, 1.807) is 37.3 Å². The molecule has 0 aliphatic carbocycles. The predicted octanol–water partition coefficient (Wildman–Crippen LogP) is 3.87. The van der Waals surface area contributed by atoms with E-state index in [-0.39, 0.29) is 0 Å². The quantitative estimate of drug-likeness (QED) is 0.922. The van der Waals surface area contributed by atoms with Crippen molar-refractivity contribution < 1.29 is 8.42 Å². The first kappa shape index (κ1) is 14.1. The Morgan fingerprint density at radius 2 is 1.68 bits per heavy atom. The fourth-order valence-electron chi connectivity index (χ4n) is 1.78. The van der Waals surface area contributed by atoms with E-state index in [4.69, 9.17) is 0 Å². The summed E-state index contributed by atoms with van der Waals surface area (Å²) in [7, 11) is -3.54. The maximum Gasteiger partial charge on any atom is 0.262 e. The fourth-order valence-corrected chi connectivity index (χ4v) is 3.32. The van der Waals surface area contributed by atoms with Crippen LogP contribution in [-0.4, -0.2) is 8.42 Å². The summed E-state index contributed by atoms with van der Waals surface area (Å²) in [6.07, 6.45) is 0. The Hall–Kier alpha value is -1.33. The summed E-state index contributed by atoms with van der Waals surface area (Å²) in [6, 6.07) is 12.3. The lowest BCUT2D eigenvalue weighted by Crippen LogP contribution is -2.14. The lowest BCUT2D eigenvalue weighted by atomic mass is 10.2. The summed E-state index contributed by atoms with van der Waals surface area (Å²) in [5.74, 6) is 0. The zero-order valence-corrected chi connectivity index (χ0v) is 13.0. The molecule has 2 rings (SSSR count). The van der Waals surface area contributed by atoms with Gasteiger partial charge in [0.15, 0.2) is 0 Å². The first-order valence-electron chi connectivity index (χ1n) is 5.75. The Morgan fingerprint density at radius 3 is 2.32 bits per heavy atom. The molecule has 0 amide bonds. The van der Waals surface area contributed by atoms with Gasteiger partial charge in [0.05, 0.1) is 4.90 Å². The number of hydrogen-bond donors (Lipinski definition) is 1.